The number of halogens is 1. The number of rotatable bonds is 6. The van der Waals surface area contributed by atoms with Crippen molar-refractivity contribution < 1.29 is 18.7 Å². The number of nitrogens with two attached hydrogens (primary N) is 1. The quantitative estimate of drug-likeness (QED) is 0.646. The van der Waals surface area contributed by atoms with Gasteiger partial charge in [0.1, 0.15) is 11.4 Å². The lowest BCUT2D eigenvalue weighted by molar-refractivity contribution is 0.0436. The minimum absolute atomic E-state index is 0.103. The summed E-state index contributed by atoms with van der Waals surface area (Å²) in [4.78, 5) is 35.7. The first kappa shape index (κ1) is 20.8. The molecule has 0 saturated carbocycles. The predicted molar refractivity (Wildman–Crippen MR) is 108 cm³/mol. The van der Waals surface area contributed by atoms with Gasteiger partial charge in [-0.2, -0.15) is 0 Å². The van der Waals surface area contributed by atoms with Crippen LogP contribution in [0.4, 0.5) is 9.18 Å². The summed E-state index contributed by atoms with van der Waals surface area (Å²) in [5.74, 6) is -0.784. The Bertz CT molecular complexity index is 1070. The Morgan fingerprint density at radius 2 is 1.67 bits per heavy atom. The van der Waals surface area contributed by atoms with Crippen molar-refractivity contribution in [3.63, 3.8) is 0 Å². The molecule has 0 atom stereocenters. The molecule has 0 spiro atoms. The van der Waals surface area contributed by atoms with E-state index in [0.29, 0.717) is 22.5 Å². The maximum Gasteiger partial charge on any atom is 0.405 e. The molecule has 0 saturated heterocycles. The van der Waals surface area contributed by atoms with E-state index in [0.717, 1.165) is 11.8 Å². The maximum atomic E-state index is 13.4. The lowest BCUT2D eigenvalue weighted by Gasteiger charge is -2.24. The SMILES string of the molecule is CC(C)(CNC(=O)c1ccc(-c2cncc(-c3cncc(F)c3)n2)cc1)OC(N)=O. The second-order valence-electron chi connectivity index (χ2n) is 7.12. The van der Waals surface area contributed by atoms with Gasteiger partial charge >= 0.3 is 6.09 Å². The molecule has 3 N–H and O–H groups in total. The number of hydrogen-bond acceptors (Lipinski definition) is 6. The zero-order valence-corrected chi connectivity index (χ0v) is 16.4. The summed E-state index contributed by atoms with van der Waals surface area (Å²) in [6, 6.07) is 8.09. The van der Waals surface area contributed by atoms with Crippen LogP contribution in [0, 0.1) is 5.82 Å². The first-order chi connectivity index (χ1) is 14.2. The van der Waals surface area contributed by atoms with E-state index in [1.807, 2.05) is 0 Å². The van der Waals surface area contributed by atoms with Crippen LogP contribution in [0.5, 0.6) is 0 Å². The van der Waals surface area contributed by atoms with Crippen LogP contribution < -0.4 is 11.1 Å². The summed E-state index contributed by atoms with van der Waals surface area (Å²) >= 11 is 0. The Balaban J connectivity index is 1.72. The number of amides is 2. The number of benzene rings is 1. The van der Waals surface area contributed by atoms with Crippen LogP contribution in [0.15, 0.2) is 55.1 Å². The number of aromatic nitrogens is 3. The molecule has 3 rings (SSSR count). The van der Waals surface area contributed by atoms with Crippen molar-refractivity contribution in [2.24, 2.45) is 5.73 Å². The van der Waals surface area contributed by atoms with Crippen molar-refractivity contribution in [2.45, 2.75) is 19.4 Å². The van der Waals surface area contributed by atoms with Crippen LogP contribution in [0.1, 0.15) is 24.2 Å². The molecule has 3 aromatic rings. The highest BCUT2D eigenvalue weighted by Crippen LogP contribution is 2.22. The van der Waals surface area contributed by atoms with E-state index >= 15 is 0 Å². The third-order valence-corrected chi connectivity index (χ3v) is 4.13. The number of nitrogens with one attached hydrogen (secondary N) is 1. The average molecular weight is 409 g/mol. The highest BCUT2D eigenvalue weighted by molar-refractivity contribution is 5.94. The standard InChI is InChI=1S/C21H20FN5O3/c1-21(2,30-20(23)29)12-26-19(28)14-5-3-13(4-6-14)17-10-25-11-18(27-17)15-7-16(22)9-24-8-15/h3-11H,12H2,1-2H3,(H2,23,29)(H,26,28). The van der Waals surface area contributed by atoms with Gasteiger partial charge in [-0.25, -0.2) is 14.2 Å². The topological polar surface area (TPSA) is 120 Å². The first-order valence-electron chi connectivity index (χ1n) is 9.03. The van der Waals surface area contributed by atoms with Crippen LogP contribution in [0.2, 0.25) is 0 Å². The Morgan fingerprint density at radius 3 is 2.30 bits per heavy atom. The smallest absolute Gasteiger partial charge is 0.405 e. The Kier molecular flexibility index (Phi) is 6.01. The molecule has 1 aromatic carbocycles. The van der Waals surface area contributed by atoms with E-state index in [4.69, 9.17) is 10.5 Å². The van der Waals surface area contributed by atoms with Crippen LogP contribution >= 0.6 is 0 Å². The van der Waals surface area contributed by atoms with E-state index in [-0.39, 0.29) is 12.5 Å². The van der Waals surface area contributed by atoms with Gasteiger partial charge in [-0.3, -0.25) is 14.8 Å². The van der Waals surface area contributed by atoms with Crippen molar-refractivity contribution in [2.75, 3.05) is 6.54 Å². The summed E-state index contributed by atoms with van der Waals surface area (Å²) < 4.78 is 18.4. The number of carbonyl (C=O) groups is 2. The monoisotopic (exact) mass is 409 g/mol. The highest BCUT2D eigenvalue weighted by Gasteiger charge is 2.22. The molecule has 2 amide bonds. The molecule has 0 aliphatic heterocycles. The summed E-state index contributed by atoms with van der Waals surface area (Å²) in [6.07, 6.45) is 4.82. The molecule has 8 nitrogen and oxygen atoms in total. The number of pyridine rings is 1. The molecule has 0 bridgehead atoms. The molecular weight excluding hydrogens is 389 g/mol. The van der Waals surface area contributed by atoms with E-state index < -0.39 is 17.5 Å². The zero-order chi connectivity index (χ0) is 21.7. The summed E-state index contributed by atoms with van der Waals surface area (Å²) in [5, 5.41) is 2.70. The number of primary amides is 1. The second kappa shape index (κ2) is 8.64. The number of carbonyl (C=O) groups excluding carboxylic acids is 2. The van der Waals surface area contributed by atoms with Crippen LogP contribution in [0.25, 0.3) is 22.5 Å². The second-order valence-corrected chi connectivity index (χ2v) is 7.12. The summed E-state index contributed by atoms with van der Waals surface area (Å²) in [7, 11) is 0. The first-order valence-corrected chi connectivity index (χ1v) is 9.03. The number of nitrogens with zero attached hydrogens (tertiary/aromatic N) is 3. The van der Waals surface area contributed by atoms with Gasteiger partial charge in [0.05, 0.1) is 36.5 Å². The fourth-order valence-electron chi connectivity index (χ4n) is 2.69. The minimum Gasteiger partial charge on any atom is -0.442 e. The van der Waals surface area contributed by atoms with Gasteiger partial charge in [-0.15, -0.1) is 0 Å². The van der Waals surface area contributed by atoms with Gasteiger partial charge in [0, 0.05) is 22.9 Å². The van der Waals surface area contributed by atoms with Gasteiger partial charge in [0.15, 0.2) is 0 Å². The molecule has 154 valence electrons. The highest BCUT2D eigenvalue weighted by atomic mass is 19.1. The maximum absolute atomic E-state index is 13.4. The molecule has 0 aliphatic carbocycles. The Hall–Kier alpha value is -3.88. The van der Waals surface area contributed by atoms with E-state index in [9.17, 15) is 14.0 Å². The van der Waals surface area contributed by atoms with Crippen molar-refractivity contribution in [3.05, 3.63) is 66.5 Å². The summed E-state index contributed by atoms with van der Waals surface area (Å²) in [5.41, 5.74) is 6.82. The van der Waals surface area contributed by atoms with Crippen LogP contribution in [-0.2, 0) is 4.74 Å². The van der Waals surface area contributed by atoms with E-state index in [1.165, 1.54) is 18.5 Å². The van der Waals surface area contributed by atoms with E-state index in [1.54, 1.807) is 44.3 Å². The average Bonchev–Trinajstić information content (AvgIpc) is 2.71. The Morgan fingerprint density at radius 1 is 1.03 bits per heavy atom. The largest absolute Gasteiger partial charge is 0.442 e. The lowest BCUT2D eigenvalue weighted by atomic mass is 10.1. The molecule has 0 fully saturated rings. The molecule has 0 radical (unpaired) electrons. The van der Waals surface area contributed by atoms with Gasteiger partial charge in [-0.1, -0.05) is 12.1 Å². The van der Waals surface area contributed by atoms with E-state index in [2.05, 4.69) is 20.3 Å². The number of ether oxygens (including phenoxy) is 1. The molecule has 2 heterocycles. The molecule has 0 aliphatic rings. The van der Waals surface area contributed by atoms with Gasteiger partial charge in [0.25, 0.3) is 5.91 Å². The van der Waals surface area contributed by atoms with Gasteiger partial charge in [0.2, 0.25) is 0 Å². The molecule has 2 aromatic heterocycles. The molecule has 9 heteroatoms. The van der Waals surface area contributed by atoms with Gasteiger partial charge < -0.3 is 15.8 Å². The minimum atomic E-state index is -0.927. The summed E-state index contributed by atoms with van der Waals surface area (Å²) in [6.45, 7) is 3.38. The van der Waals surface area contributed by atoms with Crippen molar-refractivity contribution >= 4 is 12.0 Å². The molecule has 0 unspecified atom stereocenters. The Labute approximate surface area is 172 Å². The van der Waals surface area contributed by atoms with Crippen LogP contribution in [0.3, 0.4) is 0 Å². The normalized spacial score (nSPS) is 11.0. The third-order valence-electron chi connectivity index (χ3n) is 4.13. The zero-order valence-electron chi connectivity index (χ0n) is 16.4. The molecular formula is C21H20FN5O3. The van der Waals surface area contributed by atoms with Crippen molar-refractivity contribution in [1.82, 2.24) is 20.3 Å². The van der Waals surface area contributed by atoms with Crippen LogP contribution in [-0.4, -0.2) is 39.1 Å². The predicted octanol–water partition coefficient (Wildman–Crippen LogP) is 2.95. The number of hydrogen-bond donors (Lipinski definition) is 2. The molecule has 30 heavy (non-hydrogen) atoms. The fourth-order valence-corrected chi connectivity index (χ4v) is 2.69. The van der Waals surface area contributed by atoms with Crippen molar-refractivity contribution in [3.8, 4) is 22.5 Å². The third kappa shape index (κ3) is 5.34. The lowest BCUT2D eigenvalue weighted by Crippen LogP contribution is -2.42. The van der Waals surface area contributed by atoms with Gasteiger partial charge in [-0.05, 0) is 32.0 Å². The van der Waals surface area contributed by atoms with Crippen molar-refractivity contribution in [1.29, 1.82) is 0 Å². The fraction of sp³-hybridized carbons (Fsp3) is 0.190.